The monoisotopic (exact) mass is 269 g/mol. The average molecular weight is 269 g/mol. The molecule has 0 aliphatic carbocycles. The van der Waals surface area contributed by atoms with Gasteiger partial charge < -0.3 is 11.1 Å². The minimum Gasteiger partial charge on any atom is -0.399 e. The smallest absolute Gasteiger partial charge is 0.220 e. The zero-order chi connectivity index (χ0) is 14.2. The first kappa shape index (κ1) is 14.1. The summed E-state index contributed by atoms with van der Waals surface area (Å²) in [6.07, 6.45) is 5.56. The second-order valence-corrected chi connectivity index (χ2v) is 4.70. The van der Waals surface area contributed by atoms with Crippen molar-refractivity contribution in [3.63, 3.8) is 0 Å². The molecule has 4 heteroatoms. The number of pyridine rings is 1. The zero-order valence-corrected chi connectivity index (χ0v) is 11.4. The number of nitrogens with zero attached hydrogens (tertiary/aromatic N) is 1. The molecular formula is C16H19N3O. The molecule has 20 heavy (non-hydrogen) atoms. The van der Waals surface area contributed by atoms with Crippen molar-refractivity contribution in [3.8, 4) is 0 Å². The number of amides is 1. The Morgan fingerprint density at radius 1 is 1.00 bits per heavy atom. The lowest BCUT2D eigenvalue weighted by Crippen LogP contribution is -2.25. The van der Waals surface area contributed by atoms with E-state index in [9.17, 15) is 4.79 Å². The van der Waals surface area contributed by atoms with Crippen molar-refractivity contribution in [2.45, 2.75) is 19.3 Å². The summed E-state index contributed by atoms with van der Waals surface area (Å²) in [5.41, 5.74) is 8.69. The predicted octanol–water partition coefficient (Wildman–Crippen LogP) is 1.96. The van der Waals surface area contributed by atoms with Gasteiger partial charge in [-0.3, -0.25) is 9.78 Å². The minimum atomic E-state index is 0.0808. The summed E-state index contributed by atoms with van der Waals surface area (Å²) in [6.45, 7) is 0.652. The van der Waals surface area contributed by atoms with E-state index < -0.39 is 0 Å². The number of nitrogen functional groups attached to an aromatic ring is 1. The first-order chi connectivity index (χ1) is 9.74. The summed E-state index contributed by atoms with van der Waals surface area (Å²) < 4.78 is 0. The van der Waals surface area contributed by atoms with Crippen molar-refractivity contribution in [1.29, 1.82) is 0 Å². The minimum absolute atomic E-state index is 0.0808. The summed E-state index contributed by atoms with van der Waals surface area (Å²) >= 11 is 0. The van der Waals surface area contributed by atoms with E-state index in [4.69, 9.17) is 5.73 Å². The highest BCUT2D eigenvalue weighted by Gasteiger charge is 2.02. The van der Waals surface area contributed by atoms with Crippen LogP contribution in [0, 0.1) is 0 Å². The molecule has 0 bridgehead atoms. The third kappa shape index (κ3) is 4.72. The fourth-order valence-electron chi connectivity index (χ4n) is 1.93. The molecule has 1 aromatic heterocycles. The van der Waals surface area contributed by atoms with E-state index >= 15 is 0 Å². The van der Waals surface area contributed by atoms with Gasteiger partial charge in [0, 0.05) is 31.0 Å². The number of anilines is 1. The lowest BCUT2D eigenvalue weighted by molar-refractivity contribution is -0.121. The molecule has 104 valence electrons. The second-order valence-electron chi connectivity index (χ2n) is 4.70. The van der Waals surface area contributed by atoms with Gasteiger partial charge >= 0.3 is 0 Å². The Bertz CT molecular complexity index is 537. The third-order valence-corrected chi connectivity index (χ3v) is 3.11. The van der Waals surface area contributed by atoms with E-state index in [1.54, 1.807) is 12.4 Å². The average Bonchev–Trinajstić information content (AvgIpc) is 2.48. The SMILES string of the molecule is Nc1ccc(CCNC(=O)CCc2ccncc2)cc1. The lowest BCUT2D eigenvalue weighted by atomic mass is 10.1. The highest BCUT2D eigenvalue weighted by atomic mass is 16.1. The first-order valence-electron chi connectivity index (χ1n) is 6.74. The van der Waals surface area contributed by atoms with E-state index in [-0.39, 0.29) is 5.91 Å². The van der Waals surface area contributed by atoms with Crippen LogP contribution in [0.4, 0.5) is 5.69 Å². The Balaban J connectivity index is 1.66. The van der Waals surface area contributed by atoms with Gasteiger partial charge in [-0.25, -0.2) is 0 Å². The largest absolute Gasteiger partial charge is 0.399 e. The molecule has 2 aromatic rings. The van der Waals surface area contributed by atoms with Crippen LogP contribution < -0.4 is 11.1 Å². The standard InChI is InChI=1S/C16H19N3O/c17-15-4-1-13(2-5-15)9-12-19-16(20)6-3-14-7-10-18-11-8-14/h1-2,4-5,7-8,10-11H,3,6,9,12,17H2,(H,19,20). The fourth-order valence-corrected chi connectivity index (χ4v) is 1.93. The number of hydrogen-bond donors (Lipinski definition) is 2. The molecule has 4 nitrogen and oxygen atoms in total. The van der Waals surface area contributed by atoms with Gasteiger partial charge in [0.1, 0.15) is 0 Å². The molecule has 1 aromatic carbocycles. The van der Waals surface area contributed by atoms with Gasteiger partial charge in [-0.1, -0.05) is 12.1 Å². The molecule has 0 fully saturated rings. The number of carbonyl (C=O) groups excluding carboxylic acids is 1. The Kier molecular flexibility index (Phi) is 5.12. The number of nitrogens with two attached hydrogens (primary N) is 1. The molecule has 0 atom stereocenters. The zero-order valence-electron chi connectivity index (χ0n) is 11.4. The van der Waals surface area contributed by atoms with E-state index in [0.717, 1.165) is 24.1 Å². The van der Waals surface area contributed by atoms with Crippen molar-refractivity contribution >= 4 is 11.6 Å². The number of aromatic nitrogens is 1. The second kappa shape index (κ2) is 7.28. The fraction of sp³-hybridized carbons (Fsp3) is 0.250. The van der Waals surface area contributed by atoms with Gasteiger partial charge in [-0.05, 0) is 48.2 Å². The summed E-state index contributed by atoms with van der Waals surface area (Å²) in [6, 6.07) is 11.6. The molecular weight excluding hydrogens is 250 g/mol. The maximum Gasteiger partial charge on any atom is 0.220 e. The summed E-state index contributed by atoms with van der Waals surface area (Å²) in [7, 11) is 0. The van der Waals surface area contributed by atoms with E-state index in [0.29, 0.717) is 13.0 Å². The quantitative estimate of drug-likeness (QED) is 0.788. The molecule has 0 saturated heterocycles. The molecule has 1 heterocycles. The summed E-state index contributed by atoms with van der Waals surface area (Å²) in [4.78, 5) is 15.7. The Labute approximate surface area is 119 Å². The van der Waals surface area contributed by atoms with Gasteiger partial charge in [0.15, 0.2) is 0 Å². The van der Waals surface area contributed by atoms with Crippen LogP contribution in [-0.4, -0.2) is 17.4 Å². The number of rotatable bonds is 6. The highest BCUT2D eigenvalue weighted by molar-refractivity contribution is 5.76. The summed E-state index contributed by atoms with van der Waals surface area (Å²) in [5, 5.41) is 2.93. The van der Waals surface area contributed by atoms with E-state index in [2.05, 4.69) is 10.3 Å². The molecule has 0 spiro atoms. The van der Waals surface area contributed by atoms with Crippen LogP contribution in [0.15, 0.2) is 48.8 Å². The molecule has 0 aliphatic heterocycles. The van der Waals surface area contributed by atoms with E-state index in [1.165, 1.54) is 5.56 Å². The topological polar surface area (TPSA) is 68.0 Å². The number of hydrogen-bond acceptors (Lipinski definition) is 3. The van der Waals surface area contributed by atoms with Crippen molar-refractivity contribution in [1.82, 2.24) is 10.3 Å². The Morgan fingerprint density at radius 3 is 2.35 bits per heavy atom. The van der Waals surface area contributed by atoms with Crippen LogP contribution in [0.2, 0.25) is 0 Å². The van der Waals surface area contributed by atoms with Crippen molar-refractivity contribution in [2.24, 2.45) is 0 Å². The van der Waals surface area contributed by atoms with Gasteiger partial charge in [-0.15, -0.1) is 0 Å². The van der Waals surface area contributed by atoms with E-state index in [1.807, 2.05) is 36.4 Å². The van der Waals surface area contributed by atoms with Crippen LogP contribution in [0.5, 0.6) is 0 Å². The number of aryl methyl sites for hydroxylation is 1. The number of carbonyl (C=O) groups is 1. The lowest BCUT2D eigenvalue weighted by Gasteiger charge is -2.06. The van der Waals surface area contributed by atoms with Crippen LogP contribution in [0.3, 0.4) is 0 Å². The highest BCUT2D eigenvalue weighted by Crippen LogP contribution is 2.05. The van der Waals surface area contributed by atoms with Crippen molar-refractivity contribution in [3.05, 3.63) is 59.9 Å². The van der Waals surface area contributed by atoms with Gasteiger partial charge in [0.25, 0.3) is 0 Å². The normalized spacial score (nSPS) is 10.2. The van der Waals surface area contributed by atoms with Crippen molar-refractivity contribution < 1.29 is 4.79 Å². The maximum absolute atomic E-state index is 11.7. The molecule has 0 saturated carbocycles. The van der Waals surface area contributed by atoms with Gasteiger partial charge in [0.2, 0.25) is 5.91 Å². The number of benzene rings is 1. The molecule has 0 unspecified atom stereocenters. The summed E-state index contributed by atoms with van der Waals surface area (Å²) in [5.74, 6) is 0.0808. The first-order valence-corrected chi connectivity index (χ1v) is 6.74. The molecule has 1 amide bonds. The maximum atomic E-state index is 11.7. The number of nitrogens with one attached hydrogen (secondary N) is 1. The van der Waals surface area contributed by atoms with Crippen LogP contribution >= 0.6 is 0 Å². The molecule has 2 rings (SSSR count). The van der Waals surface area contributed by atoms with Gasteiger partial charge in [0.05, 0.1) is 0 Å². The Morgan fingerprint density at radius 2 is 1.65 bits per heavy atom. The van der Waals surface area contributed by atoms with Crippen molar-refractivity contribution in [2.75, 3.05) is 12.3 Å². The Hall–Kier alpha value is -2.36. The third-order valence-electron chi connectivity index (χ3n) is 3.11. The molecule has 3 N–H and O–H groups in total. The van der Waals surface area contributed by atoms with Gasteiger partial charge in [-0.2, -0.15) is 0 Å². The van der Waals surface area contributed by atoms with Crippen LogP contribution in [0.25, 0.3) is 0 Å². The predicted molar refractivity (Wildman–Crippen MR) is 80.1 cm³/mol. The molecule has 0 aliphatic rings. The molecule has 0 radical (unpaired) electrons. The van der Waals surface area contributed by atoms with Crippen LogP contribution in [0.1, 0.15) is 17.5 Å². The van der Waals surface area contributed by atoms with Crippen LogP contribution in [-0.2, 0) is 17.6 Å².